The SMILES string of the molecule is CC(C)n1c(-c2ccc(Br)s2)nc2cc(C#N)ccc21. The second kappa shape index (κ2) is 5.04. The summed E-state index contributed by atoms with van der Waals surface area (Å²) in [6.45, 7) is 4.29. The van der Waals surface area contributed by atoms with Gasteiger partial charge in [-0.1, -0.05) is 0 Å². The van der Waals surface area contributed by atoms with Crippen LogP contribution in [-0.2, 0) is 0 Å². The summed E-state index contributed by atoms with van der Waals surface area (Å²) in [5.74, 6) is 0.959. The Hall–Kier alpha value is -1.64. The average molecular weight is 346 g/mol. The monoisotopic (exact) mass is 345 g/mol. The third kappa shape index (κ3) is 2.15. The van der Waals surface area contributed by atoms with E-state index in [2.05, 4.69) is 46.5 Å². The normalized spacial score (nSPS) is 11.2. The summed E-state index contributed by atoms with van der Waals surface area (Å²) in [5, 5.41) is 9.01. The summed E-state index contributed by atoms with van der Waals surface area (Å²) in [6, 6.07) is 12.2. The highest BCUT2D eigenvalue weighted by atomic mass is 79.9. The molecular formula is C15H12BrN3S. The van der Waals surface area contributed by atoms with Crippen LogP contribution in [-0.4, -0.2) is 9.55 Å². The molecule has 0 N–H and O–H groups in total. The van der Waals surface area contributed by atoms with Crippen LogP contribution in [0.15, 0.2) is 34.1 Å². The minimum absolute atomic E-state index is 0.309. The van der Waals surface area contributed by atoms with Gasteiger partial charge in [-0.3, -0.25) is 0 Å². The summed E-state index contributed by atoms with van der Waals surface area (Å²) >= 11 is 5.16. The van der Waals surface area contributed by atoms with Gasteiger partial charge in [-0.05, 0) is 60.1 Å². The molecule has 2 aromatic heterocycles. The fourth-order valence-electron chi connectivity index (χ4n) is 2.30. The molecule has 3 aromatic rings. The number of benzene rings is 1. The molecule has 0 saturated carbocycles. The van der Waals surface area contributed by atoms with Gasteiger partial charge in [0.1, 0.15) is 0 Å². The van der Waals surface area contributed by atoms with Gasteiger partial charge in [0.15, 0.2) is 5.82 Å². The van der Waals surface area contributed by atoms with Crippen molar-refractivity contribution in [1.82, 2.24) is 9.55 Å². The largest absolute Gasteiger partial charge is 0.321 e. The van der Waals surface area contributed by atoms with Crippen molar-refractivity contribution in [2.24, 2.45) is 0 Å². The van der Waals surface area contributed by atoms with Gasteiger partial charge in [0.25, 0.3) is 0 Å². The first-order valence-electron chi connectivity index (χ1n) is 6.28. The average Bonchev–Trinajstić information content (AvgIpc) is 3.00. The number of nitriles is 1. The van der Waals surface area contributed by atoms with Gasteiger partial charge in [-0.2, -0.15) is 5.26 Å². The van der Waals surface area contributed by atoms with Gasteiger partial charge in [0.2, 0.25) is 0 Å². The van der Waals surface area contributed by atoms with Crippen LogP contribution in [0, 0.1) is 11.3 Å². The van der Waals surface area contributed by atoms with E-state index in [0.717, 1.165) is 25.5 Å². The molecule has 5 heteroatoms. The molecule has 20 heavy (non-hydrogen) atoms. The van der Waals surface area contributed by atoms with Crippen molar-refractivity contribution in [3.63, 3.8) is 0 Å². The number of hydrogen-bond acceptors (Lipinski definition) is 3. The van der Waals surface area contributed by atoms with Gasteiger partial charge in [0.05, 0.1) is 31.3 Å². The fourth-order valence-corrected chi connectivity index (χ4v) is 3.67. The van der Waals surface area contributed by atoms with Crippen molar-refractivity contribution < 1.29 is 0 Å². The number of imidazole rings is 1. The smallest absolute Gasteiger partial charge is 0.151 e. The van der Waals surface area contributed by atoms with Crippen LogP contribution in [0.2, 0.25) is 0 Å². The van der Waals surface area contributed by atoms with Crippen molar-refractivity contribution in [2.45, 2.75) is 19.9 Å². The van der Waals surface area contributed by atoms with Crippen molar-refractivity contribution >= 4 is 38.3 Å². The van der Waals surface area contributed by atoms with Crippen LogP contribution in [0.3, 0.4) is 0 Å². The maximum Gasteiger partial charge on any atom is 0.151 e. The molecule has 3 rings (SSSR count). The van der Waals surface area contributed by atoms with Gasteiger partial charge in [-0.25, -0.2) is 4.98 Å². The third-order valence-corrected chi connectivity index (χ3v) is 4.75. The summed E-state index contributed by atoms with van der Waals surface area (Å²) in [7, 11) is 0. The van der Waals surface area contributed by atoms with E-state index in [1.807, 2.05) is 24.3 Å². The number of halogens is 1. The number of rotatable bonds is 2. The van der Waals surface area contributed by atoms with Crippen LogP contribution >= 0.6 is 27.3 Å². The molecule has 0 atom stereocenters. The van der Waals surface area contributed by atoms with Crippen LogP contribution in [0.25, 0.3) is 21.7 Å². The lowest BCUT2D eigenvalue weighted by Crippen LogP contribution is -2.02. The molecule has 0 aliphatic carbocycles. The molecule has 0 unspecified atom stereocenters. The fraction of sp³-hybridized carbons (Fsp3) is 0.200. The van der Waals surface area contributed by atoms with Gasteiger partial charge >= 0.3 is 0 Å². The Kier molecular flexibility index (Phi) is 3.36. The van der Waals surface area contributed by atoms with Gasteiger partial charge < -0.3 is 4.57 Å². The molecule has 2 heterocycles. The molecule has 0 bridgehead atoms. The molecule has 0 aliphatic rings. The number of aromatic nitrogens is 2. The van der Waals surface area contributed by atoms with E-state index in [4.69, 9.17) is 10.2 Å². The summed E-state index contributed by atoms with van der Waals surface area (Å²) in [4.78, 5) is 5.85. The van der Waals surface area contributed by atoms with Crippen molar-refractivity contribution in [3.05, 3.63) is 39.7 Å². The predicted octanol–water partition coefficient (Wildman–Crippen LogP) is 4.98. The second-order valence-corrected chi connectivity index (χ2v) is 7.28. The van der Waals surface area contributed by atoms with E-state index in [0.29, 0.717) is 11.6 Å². The van der Waals surface area contributed by atoms with Crippen molar-refractivity contribution in [1.29, 1.82) is 5.26 Å². The first-order valence-corrected chi connectivity index (χ1v) is 7.89. The Morgan fingerprint density at radius 1 is 1.30 bits per heavy atom. The molecule has 0 fully saturated rings. The van der Waals surface area contributed by atoms with Gasteiger partial charge in [0, 0.05) is 6.04 Å². The lowest BCUT2D eigenvalue weighted by atomic mass is 10.2. The van der Waals surface area contributed by atoms with Crippen molar-refractivity contribution in [2.75, 3.05) is 0 Å². The van der Waals surface area contributed by atoms with E-state index < -0.39 is 0 Å². The zero-order valence-electron chi connectivity index (χ0n) is 11.1. The van der Waals surface area contributed by atoms with Gasteiger partial charge in [-0.15, -0.1) is 11.3 Å². The second-order valence-electron chi connectivity index (χ2n) is 4.82. The Morgan fingerprint density at radius 2 is 2.10 bits per heavy atom. The number of hydrogen-bond donors (Lipinski definition) is 0. The molecule has 0 radical (unpaired) electrons. The van der Waals surface area contributed by atoms with E-state index in [1.165, 1.54) is 0 Å². The lowest BCUT2D eigenvalue weighted by molar-refractivity contribution is 0.625. The standard InChI is InChI=1S/C15H12BrN3S/c1-9(2)19-12-4-3-10(8-17)7-11(12)18-15(19)13-5-6-14(16)20-13/h3-7,9H,1-2H3. The summed E-state index contributed by atoms with van der Waals surface area (Å²) in [6.07, 6.45) is 0. The predicted molar refractivity (Wildman–Crippen MR) is 85.8 cm³/mol. The first kappa shape index (κ1) is 13.3. The van der Waals surface area contributed by atoms with Crippen molar-refractivity contribution in [3.8, 4) is 16.8 Å². The highest BCUT2D eigenvalue weighted by molar-refractivity contribution is 9.11. The minimum Gasteiger partial charge on any atom is -0.321 e. The molecular weight excluding hydrogens is 334 g/mol. The Balaban J connectivity index is 2.31. The molecule has 1 aromatic carbocycles. The lowest BCUT2D eigenvalue weighted by Gasteiger charge is -2.11. The van der Waals surface area contributed by atoms with E-state index >= 15 is 0 Å². The number of thiophene rings is 1. The Morgan fingerprint density at radius 3 is 2.70 bits per heavy atom. The van der Waals surface area contributed by atoms with Crippen LogP contribution in [0.4, 0.5) is 0 Å². The van der Waals surface area contributed by atoms with Crippen LogP contribution in [0.5, 0.6) is 0 Å². The van der Waals surface area contributed by atoms with Crippen LogP contribution in [0.1, 0.15) is 25.5 Å². The first-order chi connectivity index (χ1) is 9.60. The maximum absolute atomic E-state index is 9.01. The highest BCUT2D eigenvalue weighted by Gasteiger charge is 2.16. The highest BCUT2D eigenvalue weighted by Crippen LogP contribution is 2.34. The summed E-state index contributed by atoms with van der Waals surface area (Å²) < 4.78 is 3.31. The Bertz CT molecular complexity index is 823. The van der Waals surface area contributed by atoms with E-state index in [1.54, 1.807) is 11.3 Å². The number of fused-ring (bicyclic) bond motifs is 1. The molecule has 0 aliphatic heterocycles. The maximum atomic E-state index is 9.01. The zero-order chi connectivity index (χ0) is 14.3. The molecule has 0 spiro atoms. The van der Waals surface area contributed by atoms with E-state index in [-0.39, 0.29) is 0 Å². The Labute approximate surface area is 129 Å². The topological polar surface area (TPSA) is 41.6 Å². The minimum atomic E-state index is 0.309. The number of nitrogens with zero attached hydrogens (tertiary/aromatic N) is 3. The summed E-state index contributed by atoms with van der Waals surface area (Å²) in [5.41, 5.74) is 2.58. The molecule has 0 amide bonds. The molecule has 100 valence electrons. The quantitative estimate of drug-likeness (QED) is 0.657. The van der Waals surface area contributed by atoms with Crippen LogP contribution < -0.4 is 0 Å². The zero-order valence-corrected chi connectivity index (χ0v) is 13.5. The molecule has 0 saturated heterocycles. The van der Waals surface area contributed by atoms with E-state index in [9.17, 15) is 0 Å². The molecule has 3 nitrogen and oxygen atoms in total. The third-order valence-electron chi connectivity index (χ3n) is 3.13.